The van der Waals surface area contributed by atoms with Crippen LogP contribution in [0.2, 0.25) is 0 Å². The minimum absolute atomic E-state index is 0.0522. The van der Waals surface area contributed by atoms with E-state index in [1.807, 2.05) is 17.9 Å². The number of carbonyl (C=O) groups is 1. The predicted molar refractivity (Wildman–Crippen MR) is 93.1 cm³/mol. The van der Waals surface area contributed by atoms with Gasteiger partial charge in [-0.3, -0.25) is 4.79 Å². The fourth-order valence-corrected chi connectivity index (χ4v) is 3.85. The first-order valence-electron chi connectivity index (χ1n) is 8.80. The largest absolute Gasteiger partial charge is 0.341 e. The van der Waals surface area contributed by atoms with Crippen LogP contribution in [-0.4, -0.2) is 56.9 Å². The van der Waals surface area contributed by atoms with Gasteiger partial charge in [-0.2, -0.15) is 0 Å². The van der Waals surface area contributed by atoms with Crippen LogP contribution < -0.4 is 4.90 Å². The second-order valence-corrected chi connectivity index (χ2v) is 6.86. The topological polar surface area (TPSA) is 75.1 Å². The number of nitrogens with zero attached hydrogens (tertiary/aromatic N) is 6. The lowest BCUT2D eigenvalue weighted by molar-refractivity contribution is 0.0782. The number of aryl methyl sites for hydroxylation is 1. The summed E-state index contributed by atoms with van der Waals surface area (Å²) in [5.41, 5.74) is 0.585. The molecule has 0 radical (unpaired) electrons. The monoisotopic (exact) mass is 338 g/mol. The molecule has 0 unspecified atom stereocenters. The Balaban J connectivity index is 1.40. The summed E-state index contributed by atoms with van der Waals surface area (Å²) in [4.78, 5) is 33.9. The summed E-state index contributed by atoms with van der Waals surface area (Å²) < 4.78 is 0. The van der Waals surface area contributed by atoms with Crippen molar-refractivity contribution >= 4 is 11.9 Å². The van der Waals surface area contributed by atoms with E-state index >= 15 is 0 Å². The zero-order chi connectivity index (χ0) is 17.2. The van der Waals surface area contributed by atoms with Crippen molar-refractivity contribution in [3.8, 4) is 0 Å². The zero-order valence-corrected chi connectivity index (χ0v) is 14.4. The van der Waals surface area contributed by atoms with Crippen molar-refractivity contribution in [1.82, 2.24) is 24.8 Å². The minimum atomic E-state index is 0.0522. The predicted octanol–water partition coefficient (Wildman–Crippen LogP) is 1.56. The van der Waals surface area contributed by atoms with Gasteiger partial charge in [-0.15, -0.1) is 0 Å². The molecule has 1 amide bonds. The van der Waals surface area contributed by atoms with Crippen LogP contribution in [0, 0.1) is 18.8 Å². The van der Waals surface area contributed by atoms with E-state index in [0.717, 1.165) is 45.0 Å². The molecule has 0 saturated carbocycles. The van der Waals surface area contributed by atoms with E-state index in [-0.39, 0.29) is 5.91 Å². The van der Waals surface area contributed by atoms with Crippen LogP contribution >= 0.6 is 0 Å². The molecule has 2 fully saturated rings. The molecule has 0 spiro atoms. The summed E-state index contributed by atoms with van der Waals surface area (Å²) in [6, 6.07) is 1.84. The third-order valence-electron chi connectivity index (χ3n) is 5.27. The molecule has 4 heterocycles. The van der Waals surface area contributed by atoms with Crippen LogP contribution in [0.25, 0.3) is 0 Å². The van der Waals surface area contributed by atoms with Gasteiger partial charge in [0.25, 0.3) is 5.91 Å². The van der Waals surface area contributed by atoms with Crippen molar-refractivity contribution in [2.75, 3.05) is 31.1 Å². The molecule has 2 saturated heterocycles. The number of rotatable bonds is 2. The zero-order valence-electron chi connectivity index (χ0n) is 14.4. The number of anilines is 1. The molecule has 0 bridgehead atoms. The van der Waals surface area contributed by atoms with Gasteiger partial charge < -0.3 is 9.80 Å². The van der Waals surface area contributed by atoms with Crippen LogP contribution in [0.1, 0.15) is 29.0 Å². The summed E-state index contributed by atoms with van der Waals surface area (Å²) >= 11 is 0. The molecule has 25 heavy (non-hydrogen) atoms. The average Bonchev–Trinajstić information content (AvgIpc) is 2.96. The van der Waals surface area contributed by atoms with Gasteiger partial charge in [-0.1, -0.05) is 0 Å². The maximum atomic E-state index is 12.7. The lowest BCUT2D eigenvalue weighted by Crippen LogP contribution is -2.31. The number of amides is 1. The number of hydrogen-bond acceptors (Lipinski definition) is 6. The normalized spacial score (nSPS) is 23.2. The Hall–Kier alpha value is -2.57. The van der Waals surface area contributed by atoms with Crippen LogP contribution in [0.3, 0.4) is 0 Å². The molecule has 4 rings (SSSR count). The summed E-state index contributed by atoms with van der Waals surface area (Å²) in [5.74, 6) is 2.64. The highest BCUT2D eigenvalue weighted by atomic mass is 16.2. The molecule has 0 aromatic carbocycles. The van der Waals surface area contributed by atoms with E-state index in [4.69, 9.17) is 0 Å². The number of aromatic nitrogens is 4. The highest BCUT2D eigenvalue weighted by Crippen LogP contribution is 2.33. The first-order valence-corrected chi connectivity index (χ1v) is 8.80. The molecule has 2 aliphatic heterocycles. The number of likely N-dealkylation sites (tertiary alicyclic amines) is 1. The van der Waals surface area contributed by atoms with Crippen molar-refractivity contribution < 1.29 is 4.79 Å². The second-order valence-electron chi connectivity index (χ2n) is 6.86. The maximum Gasteiger partial charge on any atom is 0.257 e. The summed E-state index contributed by atoms with van der Waals surface area (Å²) in [6.07, 6.45) is 8.98. The van der Waals surface area contributed by atoms with Crippen LogP contribution in [0.4, 0.5) is 5.95 Å². The Bertz CT molecular complexity index is 719. The number of carbonyl (C=O) groups excluding carboxylic acids is 1. The summed E-state index contributed by atoms with van der Waals surface area (Å²) in [7, 11) is 0. The Kier molecular flexibility index (Phi) is 4.29. The van der Waals surface area contributed by atoms with Crippen molar-refractivity contribution in [2.24, 2.45) is 11.8 Å². The lowest BCUT2D eigenvalue weighted by atomic mass is 9.92. The van der Waals surface area contributed by atoms with Crippen molar-refractivity contribution in [1.29, 1.82) is 0 Å². The molecule has 0 aliphatic carbocycles. The van der Waals surface area contributed by atoms with Crippen LogP contribution in [-0.2, 0) is 0 Å². The van der Waals surface area contributed by atoms with Gasteiger partial charge in [-0.05, 0) is 37.7 Å². The molecule has 0 N–H and O–H groups in total. The Labute approximate surface area is 147 Å². The average molecular weight is 338 g/mol. The second kappa shape index (κ2) is 6.74. The molecule has 130 valence electrons. The van der Waals surface area contributed by atoms with Gasteiger partial charge in [0, 0.05) is 51.0 Å². The number of hydrogen-bond donors (Lipinski definition) is 0. The molecule has 2 atom stereocenters. The highest BCUT2D eigenvalue weighted by molar-refractivity contribution is 5.93. The SMILES string of the molecule is Cc1ncc(C(=O)N2C[C@H]3CCN(c4ncccn4)CC[C@H]3C2)cn1. The summed E-state index contributed by atoms with van der Waals surface area (Å²) in [6.45, 7) is 5.35. The van der Waals surface area contributed by atoms with Gasteiger partial charge in [0.05, 0.1) is 5.56 Å². The number of fused-ring (bicyclic) bond motifs is 1. The van der Waals surface area contributed by atoms with Gasteiger partial charge in [0.1, 0.15) is 5.82 Å². The van der Waals surface area contributed by atoms with E-state index < -0.39 is 0 Å². The van der Waals surface area contributed by atoms with E-state index in [9.17, 15) is 4.79 Å². The van der Waals surface area contributed by atoms with E-state index in [2.05, 4.69) is 24.8 Å². The maximum absolute atomic E-state index is 12.7. The van der Waals surface area contributed by atoms with Gasteiger partial charge in [0.15, 0.2) is 0 Å². The van der Waals surface area contributed by atoms with Gasteiger partial charge >= 0.3 is 0 Å². The van der Waals surface area contributed by atoms with Crippen molar-refractivity contribution in [3.05, 3.63) is 42.2 Å². The van der Waals surface area contributed by atoms with Gasteiger partial charge in [0.2, 0.25) is 5.95 Å². The lowest BCUT2D eigenvalue weighted by Gasteiger charge is -2.22. The Morgan fingerprint density at radius 3 is 2.20 bits per heavy atom. The van der Waals surface area contributed by atoms with Crippen LogP contribution in [0.5, 0.6) is 0 Å². The Morgan fingerprint density at radius 2 is 1.60 bits per heavy atom. The van der Waals surface area contributed by atoms with Crippen molar-refractivity contribution in [3.63, 3.8) is 0 Å². The third-order valence-corrected chi connectivity index (χ3v) is 5.27. The standard InChI is InChI=1S/C18H22N6O/c1-13-21-9-16(10-22-13)17(25)24-11-14-3-7-23(8-4-15(14)12-24)18-19-5-2-6-20-18/h2,5-6,9-10,14-15H,3-4,7-8,11-12H2,1H3/t14-,15+. The molecule has 7 nitrogen and oxygen atoms in total. The molecule has 2 aliphatic rings. The van der Waals surface area contributed by atoms with E-state index in [1.54, 1.807) is 24.8 Å². The molecular weight excluding hydrogens is 316 g/mol. The fraction of sp³-hybridized carbons (Fsp3) is 0.500. The summed E-state index contributed by atoms with van der Waals surface area (Å²) in [5, 5.41) is 0. The molecule has 2 aromatic heterocycles. The first kappa shape index (κ1) is 15.9. The van der Waals surface area contributed by atoms with Crippen molar-refractivity contribution in [2.45, 2.75) is 19.8 Å². The highest BCUT2D eigenvalue weighted by Gasteiger charge is 2.37. The Morgan fingerprint density at radius 1 is 1.00 bits per heavy atom. The van der Waals surface area contributed by atoms with Gasteiger partial charge in [-0.25, -0.2) is 19.9 Å². The quantitative estimate of drug-likeness (QED) is 0.827. The molecule has 2 aromatic rings. The smallest absolute Gasteiger partial charge is 0.257 e. The fourth-order valence-electron chi connectivity index (χ4n) is 3.85. The molecule has 7 heteroatoms. The van der Waals surface area contributed by atoms with Crippen LogP contribution in [0.15, 0.2) is 30.9 Å². The third kappa shape index (κ3) is 3.31. The first-order chi connectivity index (χ1) is 12.2. The van der Waals surface area contributed by atoms with E-state index in [1.165, 1.54) is 0 Å². The molecular formula is C18H22N6O. The van der Waals surface area contributed by atoms with E-state index in [0.29, 0.717) is 23.2 Å². The minimum Gasteiger partial charge on any atom is -0.341 e.